The van der Waals surface area contributed by atoms with Gasteiger partial charge in [-0.2, -0.15) is 0 Å². The van der Waals surface area contributed by atoms with Crippen LogP contribution in [-0.2, 0) is 6.61 Å². The van der Waals surface area contributed by atoms with Crippen molar-refractivity contribution in [1.82, 2.24) is 0 Å². The summed E-state index contributed by atoms with van der Waals surface area (Å²) in [6.45, 7) is 0.524. The van der Waals surface area contributed by atoms with E-state index >= 15 is 0 Å². The number of ether oxygens (including phenoxy) is 2. The van der Waals surface area contributed by atoms with Crippen LogP contribution in [0.15, 0.2) is 48.5 Å². The van der Waals surface area contributed by atoms with Crippen molar-refractivity contribution < 1.29 is 14.6 Å². The predicted octanol–water partition coefficient (Wildman–Crippen LogP) is 3.01. The first-order valence-corrected chi connectivity index (χ1v) is 6.78. The van der Waals surface area contributed by atoms with Gasteiger partial charge in [-0.05, 0) is 29.8 Å². The molecule has 2 aromatic rings. The topological polar surface area (TPSA) is 38.7 Å². The van der Waals surface area contributed by atoms with Crippen molar-refractivity contribution in [2.75, 3.05) is 13.7 Å². The number of para-hydroxylation sites is 1. The molecule has 0 unspecified atom stereocenters. The van der Waals surface area contributed by atoms with Crippen LogP contribution >= 0.6 is 0 Å². The van der Waals surface area contributed by atoms with Crippen LogP contribution in [0.1, 0.15) is 17.5 Å². The summed E-state index contributed by atoms with van der Waals surface area (Å²) in [6, 6.07) is 15.4. The summed E-state index contributed by atoms with van der Waals surface area (Å²) in [5, 5.41) is 8.77. The first-order valence-electron chi connectivity index (χ1n) is 6.78. The lowest BCUT2D eigenvalue weighted by atomic mass is 10.2. The van der Waals surface area contributed by atoms with Gasteiger partial charge in [0.1, 0.15) is 18.1 Å². The lowest BCUT2D eigenvalue weighted by Gasteiger charge is -2.09. The summed E-state index contributed by atoms with van der Waals surface area (Å²) >= 11 is 0. The minimum absolute atomic E-state index is 0.0693. The second-order valence-corrected chi connectivity index (χ2v) is 4.41. The molecule has 21 heavy (non-hydrogen) atoms. The number of hydrogen-bond acceptors (Lipinski definition) is 3. The Balaban J connectivity index is 2.07. The van der Waals surface area contributed by atoms with Crippen LogP contribution in [0, 0.1) is 11.8 Å². The van der Waals surface area contributed by atoms with Gasteiger partial charge in [-0.3, -0.25) is 0 Å². The molecule has 0 bridgehead atoms. The Hall–Kier alpha value is -2.44. The highest BCUT2D eigenvalue weighted by Gasteiger charge is 2.02. The second kappa shape index (κ2) is 7.98. The zero-order valence-electron chi connectivity index (χ0n) is 12.0. The van der Waals surface area contributed by atoms with E-state index in [0.29, 0.717) is 13.0 Å². The van der Waals surface area contributed by atoms with Crippen molar-refractivity contribution in [3.8, 4) is 23.3 Å². The molecular formula is C18H18O3. The van der Waals surface area contributed by atoms with E-state index in [1.165, 1.54) is 0 Å². The van der Waals surface area contributed by atoms with E-state index in [1.54, 1.807) is 7.11 Å². The Morgan fingerprint density at radius 1 is 1.10 bits per heavy atom. The summed E-state index contributed by atoms with van der Waals surface area (Å²) in [4.78, 5) is 0. The van der Waals surface area contributed by atoms with Crippen molar-refractivity contribution in [2.24, 2.45) is 0 Å². The van der Waals surface area contributed by atoms with Crippen molar-refractivity contribution in [3.05, 3.63) is 59.7 Å². The van der Waals surface area contributed by atoms with Crippen molar-refractivity contribution >= 4 is 0 Å². The number of rotatable bonds is 5. The third-order valence-corrected chi connectivity index (χ3v) is 2.88. The fraction of sp³-hybridized carbons (Fsp3) is 0.222. The minimum Gasteiger partial charge on any atom is -0.497 e. The van der Waals surface area contributed by atoms with E-state index in [2.05, 4.69) is 11.8 Å². The molecule has 3 heteroatoms. The maximum absolute atomic E-state index is 8.77. The number of benzene rings is 2. The van der Waals surface area contributed by atoms with Gasteiger partial charge < -0.3 is 14.6 Å². The fourth-order valence-electron chi connectivity index (χ4n) is 1.83. The average Bonchev–Trinajstić information content (AvgIpc) is 2.54. The van der Waals surface area contributed by atoms with Crippen LogP contribution in [0.3, 0.4) is 0 Å². The van der Waals surface area contributed by atoms with Gasteiger partial charge in [0.2, 0.25) is 0 Å². The Morgan fingerprint density at radius 3 is 2.76 bits per heavy atom. The van der Waals surface area contributed by atoms with Crippen molar-refractivity contribution in [3.63, 3.8) is 0 Å². The summed E-state index contributed by atoms with van der Waals surface area (Å²) in [5.41, 5.74) is 1.86. The Bertz CT molecular complexity index is 638. The van der Waals surface area contributed by atoms with Gasteiger partial charge >= 0.3 is 0 Å². The van der Waals surface area contributed by atoms with Gasteiger partial charge in [0.05, 0.1) is 19.3 Å². The molecule has 0 saturated carbocycles. The van der Waals surface area contributed by atoms with Gasteiger partial charge in [-0.25, -0.2) is 0 Å². The van der Waals surface area contributed by atoms with Crippen LogP contribution in [0.25, 0.3) is 0 Å². The number of aliphatic hydroxyl groups excluding tert-OH is 1. The molecule has 0 aliphatic rings. The molecule has 0 heterocycles. The molecule has 2 aromatic carbocycles. The minimum atomic E-state index is 0.0693. The van der Waals surface area contributed by atoms with Crippen LogP contribution in [0.5, 0.6) is 11.5 Å². The first kappa shape index (κ1) is 15.0. The lowest BCUT2D eigenvalue weighted by molar-refractivity contribution is 0.303. The summed E-state index contributed by atoms with van der Waals surface area (Å²) in [7, 11) is 1.64. The average molecular weight is 282 g/mol. The SMILES string of the molecule is COc1cccc(COc2ccccc2C#CCCO)c1. The van der Waals surface area contributed by atoms with Crippen LogP contribution in [0.2, 0.25) is 0 Å². The molecule has 0 amide bonds. The predicted molar refractivity (Wildman–Crippen MR) is 82.3 cm³/mol. The third-order valence-electron chi connectivity index (χ3n) is 2.88. The zero-order valence-corrected chi connectivity index (χ0v) is 12.0. The van der Waals surface area contributed by atoms with E-state index in [1.807, 2.05) is 48.5 Å². The standard InChI is InChI=1S/C18H18O3/c1-20-17-10-6-7-15(13-17)14-21-18-11-3-2-8-16(18)9-4-5-12-19/h2-3,6-8,10-11,13,19H,5,12,14H2,1H3. The highest BCUT2D eigenvalue weighted by molar-refractivity contribution is 5.46. The van der Waals surface area contributed by atoms with Gasteiger partial charge in [0.15, 0.2) is 0 Å². The van der Waals surface area contributed by atoms with E-state index in [-0.39, 0.29) is 6.61 Å². The number of hydrogen-bond donors (Lipinski definition) is 1. The molecule has 0 aromatic heterocycles. The molecule has 0 aliphatic heterocycles. The van der Waals surface area contributed by atoms with Crippen LogP contribution in [-0.4, -0.2) is 18.8 Å². The van der Waals surface area contributed by atoms with Gasteiger partial charge in [-0.15, -0.1) is 0 Å². The molecule has 1 N–H and O–H groups in total. The van der Waals surface area contributed by atoms with Crippen molar-refractivity contribution in [2.45, 2.75) is 13.0 Å². The lowest BCUT2D eigenvalue weighted by Crippen LogP contribution is -1.97. The molecule has 0 saturated heterocycles. The molecule has 0 atom stereocenters. The largest absolute Gasteiger partial charge is 0.497 e. The summed E-state index contributed by atoms with van der Waals surface area (Å²) < 4.78 is 11.0. The molecule has 0 fully saturated rings. The van der Waals surface area contributed by atoms with E-state index in [9.17, 15) is 0 Å². The third kappa shape index (κ3) is 4.55. The second-order valence-electron chi connectivity index (χ2n) is 4.41. The summed E-state index contributed by atoms with van der Waals surface area (Å²) in [5.74, 6) is 7.48. The Kier molecular flexibility index (Phi) is 5.69. The van der Waals surface area contributed by atoms with Gasteiger partial charge in [-0.1, -0.05) is 36.1 Å². The normalized spacial score (nSPS) is 9.62. The Labute approximate surface area is 125 Å². The molecule has 0 spiro atoms. The highest BCUT2D eigenvalue weighted by atomic mass is 16.5. The van der Waals surface area contributed by atoms with Crippen LogP contribution in [0.4, 0.5) is 0 Å². The molecular weight excluding hydrogens is 264 g/mol. The Morgan fingerprint density at radius 2 is 1.95 bits per heavy atom. The zero-order chi connectivity index (χ0) is 14.9. The maximum Gasteiger partial charge on any atom is 0.135 e. The number of methoxy groups -OCH3 is 1. The smallest absolute Gasteiger partial charge is 0.135 e. The molecule has 2 rings (SSSR count). The van der Waals surface area contributed by atoms with Crippen LogP contribution < -0.4 is 9.47 Å². The molecule has 0 aliphatic carbocycles. The quantitative estimate of drug-likeness (QED) is 0.857. The molecule has 0 radical (unpaired) electrons. The molecule has 108 valence electrons. The highest BCUT2D eigenvalue weighted by Crippen LogP contribution is 2.19. The number of aliphatic hydroxyl groups is 1. The fourth-order valence-corrected chi connectivity index (χ4v) is 1.83. The monoisotopic (exact) mass is 282 g/mol. The maximum atomic E-state index is 8.77. The van der Waals surface area contributed by atoms with Gasteiger partial charge in [0, 0.05) is 6.42 Å². The van der Waals surface area contributed by atoms with E-state index in [0.717, 1.165) is 22.6 Å². The van der Waals surface area contributed by atoms with Crippen molar-refractivity contribution in [1.29, 1.82) is 0 Å². The van der Waals surface area contributed by atoms with Gasteiger partial charge in [0.25, 0.3) is 0 Å². The summed E-state index contributed by atoms with van der Waals surface area (Å²) in [6.07, 6.45) is 0.463. The van der Waals surface area contributed by atoms with E-state index < -0.39 is 0 Å². The first-order chi connectivity index (χ1) is 10.3. The van der Waals surface area contributed by atoms with E-state index in [4.69, 9.17) is 14.6 Å². The molecule has 3 nitrogen and oxygen atoms in total.